The molecule has 24 heavy (non-hydrogen) atoms. The Balaban J connectivity index is 2.00. The summed E-state index contributed by atoms with van der Waals surface area (Å²) in [5.41, 5.74) is -0.952. The standard InChI is InChI=1S/C17H10Cl2O5/c1-22-11-3-2-4-12(8-11)23-16(20)13-6-9-5-10(18)7-14(19)15(9)24-17(13)21/h2-8H,1H3. The molecule has 2 aromatic carbocycles. The first-order valence-electron chi connectivity index (χ1n) is 6.77. The van der Waals surface area contributed by atoms with E-state index in [0.717, 1.165) is 0 Å². The molecule has 1 aromatic heterocycles. The van der Waals surface area contributed by atoms with Gasteiger partial charge in [-0.3, -0.25) is 0 Å². The summed E-state index contributed by atoms with van der Waals surface area (Å²) in [6.45, 7) is 0. The molecule has 1 heterocycles. The highest BCUT2D eigenvalue weighted by atomic mass is 35.5. The number of fused-ring (bicyclic) bond motifs is 1. The molecule has 0 aliphatic rings. The first-order valence-corrected chi connectivity index (χ1v) is 7.52. The number of hydrogen-bond donors (Lipinski definition) is 0. The highest BCUT2D eigenvalue weighted by Crippen LogP contribution is 2.27. The van der Waals surface area contributed by atoms with Crippen molar-refractivity contribution < 1.29 is 18.7 Å². The van der Waals surface area contributed by atoms with Crippen molar-refractivity contribution in [1.82, 2.24) is 0 Å². The summed E-state index contributed by atoms with van der Waals surface area (Å²) >= 11 is 11.9. The number of ether oxygens (including phenoxy) is 2. The number of halogens is 2. The number of rotatable bonds is 3. The molecular weight excluding hydrogens is 355 g/mol. The lowest BCUT2D eigenvalue weighted by Gasteiger charge is -2.06. The fourth-order valence-electron chi connectivity index (χ4n) is 2.13. The van der Waals surface area contributed by atoms with Crippen molar-refractivity contribution in [2.75, 3.05) is 7.11 Å². The average Bonchev–Trinajstić information content (AvgIpc) is 2.55. The second-order valence-corrected chi connectivity index (χ2v) is 5.67. The van der Waals surface area contributed by atoms with Crippen LogP contribution in [0.15, 0.2) is 51.7 Å². The van der Waals surface area contributed by atoms with E-state index in [4.69, 9.17) is 37.1 Å². The van der Waals surface area contributed by atoms with Crippen LogP contribution in [0.2, 0.25) is 10.0 Å². The van der Waals surface area contributed by atoms with Gasteiger partial charge in [0, 0.05) is 16.5 Å². The molecule has 0 N–H and O–H groups in total. The predicted octanol–water partition coefficient (Wildman–Crippen LogP) is 4.33. The lowest BCUT2D eigenvalue weighted by Crippen LogP contribution is -2.18. The van der Waals surface area contributed by atoms with Crippen molar-refractivity contribution in [2.45, 2.75) is 0 Å². The Morgan fingerprint density at radius 3 is 2.58 bits per heavy atom. The van der Waals surface area contributed by atoms with Crippen LogP contribution in [0.5, 0.6) is 11.5 Å². The number of methoxy groups -OCH3 is 1. The SMILES string of the molecule is COc1cccc(OC(=O)c2cc3cc(Cl)cc(Cl)c3oc2=O)c1. The van der Waals surface area contributed by atoms with Gasteiger partial charge in [0.1, 0.15) is 17.1 Å². The molecule has 0 bridgehead atoms. The van der Waals surface area contributed by atoms with Gasteiger partial charge < -0.3 is 13.9 Å². The molecule has 0 aliphatic heterocycles. The van der Waals surface area contributed by atoms with Crippen LogP contribution in [0.4, 0.5) is 0 Å². The summed E-state index contributed by atoms with van der Waals surface area (Å²) in [5, 5.41) is 0.959. The number of carbonyl (C=O) groups is 1. The van der Waals surface area contributed by atoms with Gasteiger partial charge in [0.25, 0.3) is 0 Å². The van der Waals surface area contributed by atoms with Gasteiger partial charge in [-0.25, -0.2) is 9.59 Å². The summed E-state index contributed by atoms with van der Waals surface area (Å²) in [6.07, 6.45) is 0. The molecule has 0 spiro atoms. The Labute approximate surface area is 146 Å². The highest BCUT2D eigenvalue weighted by molar-refractivity contribution is 6.38. The molecule has 7 heteroatoms. The van der Waals surface area contributed by atoms with Crippen molar-refractivity contribution in [3.63, 3.8) is 0 Å². The lowest BCUT2D eigenvalue weighted by atomic mass is 10.2. The van der Waals surface area contributed by atoms with Crippen LogP contribution in [-0.4, -0.2) is 13.1 Å². The van der Waals surface area contributed by atoms with Crippen LogP contribution in [0, 0.1) is 0 Å². The number of carbonyl (C=O) groups excluding carboxylic acids is 1. The van der Waals surface area contributed by atoms with Gasteiger partial charge in [-0.2, -0.15) is 0 Å². The molecular formula is C17H10Cl2O5. The van der Waals surface area contributed by atoms with E-state index < -0.39 is 11.6 Å². The minimum Gasteiger partial charge on any atom is -0.497 e. The van der Waals surface area contributed by atoms with Crippen molar-refractivity contribution in [1.29, 1.82) is 0 Å². The first kappa shape index (κ1) is 16.4. The number of benzene rings is 2. The van der Waals surface area contributed by atoms with Crippen LogP contribution in [-0.2, 0) is 0 Å². The summed E-state index contributed by atoms with van der Waals surface area (Å²) in [4.78, 5) is 24.3. The molecule has 3 rings (SSSR count). The Morgan fingerprint density at radius 2 is 1.83 bits per heavy atom. The molecule has 3 aromatic rings. The lowest BCUT2D eigenvalue weighted by molar-refractivity contribution is 0.0730. The van der Waals surface area contributed by atoms with Crippen LogP contribution in [0.3, 0.4) is 0 Å². The van der Waals surface area contributed by atoms with Gasteiger partial charge in [-0.1, -0.05) is 29.3 Å². The molecule has 122 valence electrons. The molecule has 0 amide bonds. The third kappa shape index (κ3) is 3.22. The quantitative estimate of drug-likeness (QED) is 0.393. The zero-order valence-corrected chi connectivity index (χ0v) is 13.9. The Kier molecular flexibility index (Phi) is 4.46. The average molecular weight is 365 g/mol. The molecule has 0 fully saturated rings. The van der Waals surface area contributed by atoms with Gasteiger partial charge in [0.15, 0.2) is 5.58 Å². The monoisotopic (exact) mass is 364 g/mol. The van der Waals surface area contributed by atoms with Crippen LogP contribution in [0.1, 0.15) is 10.4 Å². The largest absolute Gasteiger partial charge is 0.497 e. The molecule has 0 saturated heterocycles. The first-order chi connectivity index (χ1) is 11.5. The van der Waals surface area contributed by atoms with Crippen molar-refractivity contribution >= 4 is 40.1 Å². The number of hydrogen-bond acceptors (Lipinski definition) is 5. The van der Waals surface area contributed by atoms with Crippen LogP contribution < -0.4 is 15.1 Å². The Hall–Kier alpha value is -2.50. The van der Waals surface area contributed by atoms with Gasteiger partial charge in [0.05, 0.1) is 12.1 Å². The van der Waals surface area contributed by atoms with Crippen molar-refractivity contribution in [3.8, 4) is 11.5 Å². The maximum absolute atomic E-state index is 12.3. The summed E-state index contributed by atoms with van der Waals surface area (Å²) < 4.78 is 15.3. The minimum absolute atomic E-state index is 0.156. The van der Waals surface area contributed by atoms with Crippen molar-refractivity contribution in [3.05, 3.63) is 68.5 Å². The van der Waals surface area contributed by atoms with E-state index in [-0.39, 0.29) is 21.9 Å². The molecule has 5 nitrogen and oxygen atoms in total. The third-order valence-corrected chi connectivity index (χ3v) is 3.72. The van der Waals surface area contributed by atoms with Gasteiger partial charge >= 0.3 is 11.6 Å². The van der Waals surface area contributed by atoms with E-state index in [2.05, 4.69) is 0 Å². The van der Waals surface area contributed by atoms with E-state index in [1.54, 1.807) is 18.2 Å². The predicted molar refractivity (Wildman–Crippen MR) is 90.5 cm³/mol. The summed E-state index contributed by atoms with van der Waals surface area (Å²) in [6, 6.07) is 10.8. The second-order valence-electron chi connectivity index (χ2n) is 4.82. The minimum atomic E-state index is -0.852. The number of esters is 1. The zero-order chi connectivity index (χ0) is 17.3. The van der Waals surface area contributed by atoms with Crippen molar-refractivity contribution in [2.24, 2.45) is 0 Å². The second kappa shape index (κ2) is 6.55. The van der Waals surface area contributed by atoms with Gasteiger partial charge in [-0.05, 0) is 30.3 Å². The smallest absolute Gasteiger partial charge is 0.351 e. The maximum Gasteiger partial charge on any atom is 0.351 e. The van der Waals surface area contributed by atoms with E-state index in [1.807, 2.05) is 0 Å². The normalized spacial score (nSPS) is 10.6. The Bertz CT molecular complexity index is 994. The maximum atomic E-state index is 12.3. The van der Waals surface area contributed by atoms with E-state index >= 15 is 0 Å². The molecule has 0 aliphatic carbocycles. The third-order valence-electron chi connectivity index (χ3n) is 3.22. The van der Waals surface area contributed by atoms with Crippen LogP contribution >= 0.6 is 23.2 Å². The van der Waals surface area contributed by atoms with Gasteiger partial charge in [0.2, 0.25) is 0 Å². The van der Waals surface area contributed by atoms with E-state index in [0.29, 0.717) is 16.2 Å². The highest BCUT2D eigenvalue weighted by Gasteiger charge is 2.18. The van der Waals surface area contributed by atoms with Gasteiger partial charge in [-0.15, -0.1) is 0 Å². The molecule has 0 unspecified atom stereocenters. The fraction of sp³-hybridized carbons (Fsp3) is 0.0588. The molecule has 0 radical (unpaired) electrons. The summed E-state index contributed by atoms with van der Waals surface area (Å²) in [5.74, 6) is -0.0950. The summed E-state index contributed by atoms with van der Waals surface area (Å²) in [7, 11) is 1.49. The Morgan fingerprint density at radius 1 is 1.08 bits per heavy atom. The zero-order valence-electron chi connectivity index (χ0n) is 12.3. The fourth-order valence-corrected chi connectivity index (χ4v) is 2.67. The van der Waals surface area contributed by atoms with E-state index in [1.165, 1.54) is 31.4 Å². The van der Waals surface area contributed by atoms with E-state index in [9.17, 15) is 9.59 Å². The topological polar surface area (TPSA) is 65.7 Å². The van der Waals surface area contributed by atoms with Crippen LogP contribution in [0.25, 0.3) is 11.0 Å². The molecule has 0 saturated carbocycles. The molecule has 0 atom stereocenters.